The quantitative estimate of drug-likeness (QED) is 0.748. The lowest BCUT2D eigenvalue weighted by molar-refractivity contribution is 0.174. The molecule has 4 nitrogen and oxygen atoms in total. The monoisotopic (exact) mass is 342 g/mol. The van der Waals surface area contributed by atoms with Crippen LogP contribution in [0, 0.1) is 11.3 Å². The van der Waals surface area contributed by atoms with Crippen molar-refractivity contribution >= 4 is 0 Å². The van der Waals surface area contributed by atoms with E-state index in [2.05, 4.69) is 35.7 Å². The van der Waals surface area contributed by atoms with Gasteiger partial charge in [0.2, 0.25) is 6.79 Å². The maximum Gasteiger partial charge on any atom is 0.231 e. The highest BCUT2D eigenvalue weighted by molar-refractivity contribution is 5.46. The van der Waals surface area contributed by atoms with Gasteiger partial charge in [0.25, 0.3) is 0 Å². The predicted molar refractivity (Wildman–Crippen MR) is 98.8 cm³/mol. The van der Waals surface area contributed by atoms with E-state index in [1.165, 1.54) is 0 Å². The van der Waals surface area contributed by atoms with Crippen LogP contribution in [-0.2, 0) is 0 Å². The van der Waals surface area contributed by atoms with Crippen LogP contribution in [0.1, 0.15) is 28.8 Å². The second kappa shape index (κ2) is 7.30. The molecule has 1 N–H and O–H groups in total. The number of hydrogen-bond acceptors (Lipinski definition) is 4. The number of ether oxygens (including phenoxy) is 2. The maximum atomic E-state index is 9.79. The Morgan fingerprint density at radius 3 is 2.00 bits per heavy atom. The van der Waals surface area contributed by atoms with Gasteiger partial charge in [0.05, 0.1) is 12.1 Å². The van der Waals surface area contributed by atoms with Crippen LogP contribution >= 0.6 is 0 Å². The molecule has 3 aromatic rings. The molecule has 0 spiro atoms. The first-order valence-corrected chi connectivity index (χ1v) is 8.50. The molecule has 4 heteroatoms. The normalized spacial score (nSPS) is 13.4. The lowest BCUT2D eigenvalue weighted by Gasteiger charge is -2.23. The average Bonchev–Trinajstić information content (AvgIpc) is 3.18. The fourth-order valence-corrected chi connectivity index (χ4v) is 3.14. The Morgan fingerprint density at radius 2 is 1.38 bits per heavy atom. The summed E-state index contributed by atoms with van der Waals surface area (Å²) < 4.78 is 10.8. The van der Waals surface area contributed by atoms with E-state index < -0.39 is 6.04 Å². The van der Waals surface area contributed by atoms with E-state index in [0.717, 1.165) is 16.7 Å². The van der Waals surface area contributed by atoms with Crippen molar-refractivity contribution in [2.24, 2.45) is 0 Å². The number of rotatable bonds is 5. The third-order valence-corrected chi connectivity index (χ3v) is 4.46. The molecular formula is C22H18N2O2. The first-order valence-electron chi connectivity index (χ1n) is 8.50. The van der Waals surface area contributed by atoms with E-state index >= 15 is 0 Å². The molecule has 3 aromatic carbocycles. The lowest BCUT2D eigenvalue weighted by atomic mass is 9.96. The molecule has 1 aliphatic heterocycles. The zero-order valence-corrected chi connectivity index (χ0v) is 14.1. The fraction of sp³-hybridized carbons (Fsp3) is 0.136. The van der Waals surface area contributed by atoms with Crippen LogP contribution in [0.5, 0.6) is 11.5 Å². The molecule has 0 bridgehead atoms. The van der Waals surface area contributed by atoms with Crippen molar-refractivity contribution in [3.8, 4) is 17.6 Å². The molecule has 0 aromatic heterocycles. The molecule has 128 valence electrons. The van der Waals surface area contributed by atoms with E-state index in [-0.39, 0.29) is 12.8 Å². The molecule has 1 atom stereocenters. The van der Waals surface area contributed by atoms with E-state index in [1.807, 2.05) is 54.6 Å². The van der Waals surface area contributed by atoms with Gasteiger partial charge in [-0.05, 0) is 28.8 Å². The largest absolute Gasteiger partial charge is 0.454 e. The van der Waals surface area contributed by atoms with Crippen molar-refractivity contribution in [1.29, 1.82) is 5.26 Å². The Hall–Kier alpha value is -3.29. The van der Waals surface area contributed by atoms with E-state index in [4.69, 9.17) is 9.47 Å². The molecule has 1 heterocycles. The first kappa shape index (κ1) is 16.2. The minimum absolute atomic E-state index is 0.0903. The Bertz CT molecular complexity index is 880. The predicted octanol–water partition coefficient (Wildman–Crippen LogP) is 4.36. The highest BCUT2D eigenvalue weighted by atomic mass is 16.7. The molecule has 4 rings (SSSR count). The molecule has 0 saturated heterocycles. The minimum atomic E-state index is -0.477. The summed E-state index contributed by atoms with van der Waals surface area (Å²) in [5, 5.41) is 13.3. The highest BCUT2D eigenvalue weighted by Crippen LogP contribution is 2.35. The van der Waals surface area contributed by atoms with Gasteiger partial charge in [0.15, 0.2) is 11.5 Å². The summed E-state index contributed by atoms with van der Waals surface area (Å²) in [5.74, 6) is 1.40. The van der Waals surface area contributed by atoms with Crippen LogP contribution in [0.15, 0.2) is 78.9 Å². The summed E-state index contributed by atoms with van der Waals surface area (Å²) in [6, 6.07) is 27.7. The molecule has 1 aliphatic rings. The molecule has 0 radical (unpaired) electrons. The van der Waals surface area contributed by atoms with Crippen molar-refractivity contribution < 1.29 is 9.47 Å². The van der Waals surface area contributed by atoms with Gasteiger partial charge in [-0.25, -0.2) is 0 Å². The van der Waals surface area contributed by atoms with E-state index in [9.17, 15) is 5.26 Å². The van der Waals surface area contributed by atoms with Crippen molar-refractivity contribution in [3.05, 3.63) is 95.6 Å². The lowest BCUT2D eigenvalue weighted by Crippen LogP contribution is -2.26. The SMILES string of the molecule is N#C[C@@H](NC(c1ccccc1)c1ccccc1)c1ccc2c(c1)OCO2. The first-order chi connectivity index (χ1) is 12.8. The van der Waals surface area contributed by atoms with Gasteiger partial charge >= 0.3 is 0 Å². The molecule has 0 saturated carbocycles. The smallest absolute Gasteiger partial charge is 0.231 e. The molecular weight excluding hydrogens is 324 g/mol. The average molecular weight is 342 g/mol. The van der Waals surface area contributed by atoms with Crippen molar-refractivity contribution in [1.82, 2.24) is 5.32 Å². The topological polar surface area (TPSA) is 54.3 Å². The highest BCUT2D eigenvalue weighted by Gasteiger charge is 2.22. The zero-order valence-electron chi connectivity index (χ0n) is 14.1. The molecule has 0 aliphatic carbocycles. The summed E-state index contributed by atoms with van der Waals surface area (Å²) in [6.07, 6.45) is 0. The van der Waals surface area contributed by atoms with Crippen LogP contribution in [0.25, 0.3) is 0 Å². The van der Waals surface area contributed by atoms with Gasteiger partial charge in [-0.1, -0.05) is 66.7 Å². The summed E-state index contributed by atoms with van der Waals surface area (Å²) in [5.41, 5.74) is 3.08. The number of fused-ring (bicyclic) bond motifs is 1. The van der Waals surface area contributed by atoms with Crippen LogP contribution in [0.4, 0.5) is 0 Å². The number of hydrogen-bond donors (Lipinski definition) is 1. The number of nitrogens with zero attached hydrogens (tertiary/aromatic N) is 1. The fourth-order valence-electron chi connectivity index (χ4n) is 3.14. The zero-order chi connectivity index (χ0) is 17.8. The molecule has 0 unspecified atom stereocenters. The summed E-state index contributed by atoms with van der Waals surface area (Å²) in [4.78, 5) is 0. The van der Waals surface area contributed by atoms with E-state index in [1.54, 1.807) is 0 Å². The minimum Gasteiger partial charge on any atom is -0.454 e. The Morgan fingerprint density at radius 1 is 0.769 bits per heavy atom. The standard InChI is InChI=1S/C22H18N2O2/c23-14-19(18-11-12-20-21(13-18)26-15-25-20)24-22(16-7-3-1-4-8-16)17-9-5-2-6-10-17/h1-13,19,22,24H,15H2/t19-/m1/s1. The molecule has 26 heavy (non-hydrogen) atoms. The van der Waals surface area contributed by atoms with Gasteiger partial charge in [-0.2, -0.15) is 5.26 Å². The Kier molecular flexibility index (Phi) is 4.55. The van der Waals surface area contributed by atoms with Crippen molar-refractivity contribution in [2.45, 2.75) is 12.1 Å². The van der Waals surface area contributed by atoms with Crippen LogP contribution in [-0.4, -0.2) is 6.79 Å². The second-order valence-corrected chi connectivity index (χ2v) is 6.10. The summed E-state index contributed by atoms with van der Waals surface area (Å²) in [7, 11) is 0. The van der Waals surface area contributed by atoms with Gasteiger partial charge in [0.1, 0.15) is 6.04 Å². The maximum absolute atomic E-state index is 9.79. The third kappa shape index (κ3) is 3.26. The van der Waals surface area contributed by atoms with Gasteiger partial charge < -0.3 is 9.47 Å². The van der Waals surface area contributed by atoms with Crippen molar-refractivity contribution in [3.63, 3.8) is 0 Å². The van der Waals surface area contributed by atoms with Crippen LogP contribution in [0.3, 0.4) is 0 Å². The third-order valence-electron chi connectivity index (χ3n) is 4.46. The summed E-state index contributed by atoms with van der Waals surface area (Å²) >= 11 is 0. The molecule has 0 fully saturated rings. The van der Waals surface area contributed by atoms with Crippen molar-refractivity contribution in [2.75, 3.05) is 6.79 Å². The number of nitrogens with one attached hydrogen (secondary N) is 1. The second-order valence-electron chi connectivity index (χ2n) is 6.10. The Balaban J connectivity index is 1.67. The van der Waals surface area contributed by atoms with Gasteiger partial charge in [0, 0.05) is 0 Å². The number of benzene rings is 3. The Labute approximate surface area is 152 Å². The van der Waals surface area contributed by atoms with E-state index in [0.29, 0.717) is 11.5 Å². The van der Waals surface area contributed by atoms with Gasteiger partial charge in [-0.3, -0.25) is 5.32 Å². The van der Waals surface area contributed by atoms with Gasteiger partial charge in [-0.15, -0.1) is 0 Å². The molecule has 0 amide bonds. The summed E-state index contributed by atoms with van der Waals surface area (Å²) in [6.45, 7) is 0.222. The van der Waals surface area contributed by atoms with Crippen LogP contribution in [0.2, 0.25) is 0 Å². The van der Waals surface area contributed by atoms with Crippen LogP contribution < -0.4 is 14.8 Å². The number of nitriles is 1.